The molecule has 3 aromatic rings. The van der Waals surface area contributed by atoms with Crippen LogP contribution in [0.3, 0.4) is 0 Å². The van der Waals surface area contributed by atoms with E-state index in [1.165, 1.54) is 3.97 Å². The Morgan fingerprint density at radius 3 is 2.18 bits per heavy atom. The zero-order valence-electron chi connectivity index (χ0n) is 12.4. The number of rotatable bonds is 3. The quantitative estimate of drug-likeness (QED) is 0.745. The highest BCUT2D eigenvalue weighted by atomic mass is 32.2. The maximum Gasteiger partial charge on any atom is 0.269 e. The average Bonchev–Trinajstić information content (AvgIpc) is 2.91. The molecule has 0 spiro atoms. The van der Waals surface area contributed by atoms with Crippen LogP contribution in [0.1, 0.15) is 11.4 Å². The van der Waals surface area contributed by atoms with Crippen molar-refractivity contribution in [2.75, 3.05) is 0 Å². The van der Waals surface area contributed by atoms with Gasteiger partial charge in [0.15, 0.2) is 0 Å². The van der Waals surface area contributed by atoms with Gasteiger partial charge in [0.2, 0.25) is 0 Å². The van der Waals surface area contributed by atoms with Gasteiger partial charge in [0.05, 0.1) is 10.6 Å². The van der Waals surface area contributed by atoms with Crippen LogP contribution >= 0.6 is 0 Å². The third-order valence-corrected chi connectivity index (χ3v) is 5.24. The molecule has 0 aliphatic heterocycles. The first kappa shape index (κ1) is 14.5. The van der Waals surface area contributed by atoms with Crippen LogP contribution in [0.25, 0.3) is 11.3 Å². The van der Waals surface area contributed by atoms with Crippen molar-refractivity contribution < 1.29 is 8.42 Å². The maximum absolute atomic E-state index is 12.7. The van der Waals surface area contributed by atoms with E-state index >= 15 is 0 Å². The summed E-state index contributed by atoms with van der Waals surface area (Å²) in [6.45, 7) is 3.62. The van der Waals surface area contributed by atoms with Gasteiger partial charge in [-0.1, -0.05) is 48.0 Å². The normalized spacial score (nSPS) is 11.5. The number of benzene rings is 2. The Morgan fingerprint density at radius 1 is 0.909 bits per heavy atom. The van der Waals surface area contributed by atoms with Crippen molar-refractivity contribution in [2.24, 2.45) is 0 Å². The van der Waals surface area contributed by atoms with Crippen LogP contribution < -0.4 is 0 Å². The minimum absolute atomic E-state index is 0.262. The molecule has 22 heavy (non-hydrogen) atoms. The first-order valence-electron chi connectivity index (χ1n) is 6.92. The minimum Gasteiger partial charge on any atom is -0.232 e. The highest BCUT2D eigenvalue weighted by Crippen LogP contribution is 2.22. The Labute approximate surface area is 130 Å². The molecule has 1 aromatic heterocycles. The molecular weight excluding hydrogens is 296 g/mol. The van der Waals surface area contributed by atoms with Crippen molar-refractivity contribution in [1.82, 2.24) is 8.96 Å². The van der Waals surface area contributed by atoms with Gasteiger partial charge >= 0.3 is 0 Å². The number of imidazole rings is 1. The van der Waals surface area contributed by atoms with Crippen molar-refractivity contribution in [3.8, 4) is 11.3 Å². The molecule has 0 saturated heterocycles. The average molecular weight is 312 g/mol. The lowest BCUT2D eigenvalue weighted by atomic mass is 10.2. The maximum atomic E-state index is 12.7. The summed E-state index contributed by atoms with van der Waals surface area (Å²) in [5, 5.41) is 0. The summed E-state index contributed by atoms with van der Waals surface area (Å²) in [6.07, 6.45) is 1.57. The fourth-order valence-corrected chi connectivity index (χ4v) is 3.61. The summed E-state index contributed by atoms with van der Waals surface area (Å²) in [5.74, 6) is 0.444. The lowest BCUT2D eigenvalue weighted by Gasteiger charge is -2.07. The third kappa shape index (κ3) is 2.55. The predicted octanol–water partition coefficient (Wildman–Crippen LogP) is 3.40. The SMILES string of the molecule is Cc1ccc(S(=O)(=O)n2cc(-c3ccccc3)nc2C)cc1. The summed E-state index contributed by atoms with van der Waals surface area (Å²) in [4.78, 5) is 4.64. The standard InChI is InChI=1S/C17H16N2O2S/c1-13-8-10-16(11-9-13)22(20,21)19-12-17(18-14(19)2)15-6-4-3-5-7-15/h3-12H,1-2H3. The van der Waals surface area contributed by atoms with E-state index in [4.69, 9.17) is 0 Å². The molecule has 0 amide bonds. The van der Waals surface area contributed by atoms with Gasteiger partial charge in [-0.3, -0.25) is 0 Å². The van der Waals surface area contributed by atoms with Crippen LogP contribution in [0.15, 0.2) is 65.7 Å². The second kappa shape index (κ2) is 5.42. The molecule has 0 bridgehead atoms. The molecule has 112 valence electrons. The molecule has 5 heteroatoms. The van der Waals surface area contributed by atoms with E-state index in [0.29, 0.717) is 11.5 Å². The zero-order valence-corrected chi connectivity index (χ0v) is 13.2. The van der Waals surface area contributed by atoms with Gasteiger partial charge < -0.3 is 0 Å². The lowest BCUT2D eigenvalue weighted by molar-refractivity contribution is 0.586. The fraction of sp³-hybridized carbons (Fsp3) is 0.118. The van der Waals surface area contributed by atoms with Gasteiger partial charge in [-0.25, -0.2) is 17.4 Å². The molecule has 0 N–H and O–H groups in total. The Kier molecular flexibility index (Phi) is 3.58. The summed E-state index contributed by atoms with van der Waals surface area (Å²) < 4.78 is 26.7. The number of nitrogens with zero attached hydrogens (tertiary/aromatic N) is 2. The van der Waals surface area contributed by atoms with Crippen molar-refractivity contribution in [3.05, 3.63) is 72.2 Å². The molecule has 0 radical (unpaired) electrons. The molecule has 0 fully saturated rings. The number of hydrogen-bond donors (Lipinski definition) is 0. The lowest BCUT2D eigenvalue weighted by Crippen LogP contribution is -2.13. The molecular formula is C17H16N2O2S. The topological polar surface area (TPSA) is 52.0 Å². The van der Waals surface area contributed by atoms with E-state index < -0.39 is 10.0 Å². The molecule has 0 atom stereocenters. The van der Waals surface area contributed by atoms with Crippen LogP contribution in [0.4, 0.5) is 0 Å². The second-order valence-electron chi connectivity index (χ2n) is 5.15. The molecule has 0 unspecified atom stereocenters. The van der Waals surface area contributed by atoms with E-state index in [2.05, 4.69) is 4.98 Å². The van der Waals surface area contributed by atoms with Gasteiger partial charge in [-0.05, 0) is 26.0 Å². The van der Waals surface area contributed by atoms with Gasteiger partial charge in [-0.15, -0.1) is 0 Å². The smallest absolute Gasteiger partial charge is 0.232 e. The first-order valence-corrected chi connectivity index (χ1v) is 8.36. The molecule has 1 heterocycles. The molecule has 3 rings (SSSR count). The van der Waals surface area contributed by atoms with Crippen molar-refractivity contribution >= 4 is 10.0 Å². The Bertz CT molecular complexity index is 896. The van der Waals surface area contributed by atoms with Crippen LogP contribution in [0.2, 0.25) is 0 Å². The van der Waals surface area contributed by atoms with Gasteiger partial charge in [-0.2, -0.15) is 0 Å². The highest BCUT2D eigenvalue weighted by Gasteiger charge is 2.20. The monoisotopic (exact) mass is 312 g/mol. The second-order valence-corrected chi connectivity index (χ2v) is 6.97. The van der Waals surface area contributed by atoms with Crippen molar-refractivity contribution in [3.63, 3.8) is 0 Å². The Morgan fingerprint density at radius 2 is 1.55 bits per heavy atom. The van der Waals surface area contributed by atoms with Crippen LogP contribution in [-0.2, 0) is 10.0 Å². The van der Waals surface area contributed by atoms with E-state index in [1.54, 1.807) is 37.4 Å². The predicted molar refractivity (Wildman–Crippen MR) is 86.2 cm³/mol. The summed E-state index contributed by atoms with van der Waals surface area (Å²) >= 11 is 0. The van der Waals surface area contributed by atoms with Gasteiger partial charge in [0, 0.05) is 11.8 Å². The summed E-state index contributed by atoms with van der Waals surface area (Å²) in [7, 11) is -3.62. The van der Waals surface area contributed by atoms with E-state index in [0.717, 1.165) is 11.1 Å². The van der Waals surface area contributed by atoms with Crippen LogP contribution in [-0.4, -0.2) is 17.4 Å². The summed E-state index contributed by atoms with van der Waals surface area (Å²) in [6, 6.07) is 16.3. The Balaban J connectivity index is 2.09. The molecule has 0 aliphatic rings. The van der Waals surface area contributed by atoms with Crippen molar-refractivity contribution in [2.45, 2.75) is 18.7 Å². The van der Waals surface area contributed by atoms with Gasteiger partial charge in [0.1, 0.15) is 5.82 Å². The fourth-order valence-electron chi connectivity index (χ4n) is 2.27. The highest BCUT2D eigenvalue weighted by molar-refractivity contribution is 7.90. The molecule has 2 aromatic carbocycles. The van der Waals surface area contributed by atoms with Gasteiger partial charge in [0.25, 0.3) is 10.0 Å². The zero-order chi connectivity index (χ0) is 15.7. The summed E-state index contributed by atoms with van der Waals surface area (Å²) in [5.41, 5.74) is 2.56. The van der Waals surface area contributed by atoms with Crippen molar-refractivity contribution in [1.29, 1.82) is 0 Å². The number of hydrogen-bond acceptors (Lipinski definition) is 3. The largest absolute Gasteiger partial charge is 0.269 e. The first-order chi connectivity index (χ1) is 10.5. The molecule has 4 nitrogen and oxygen atoms in total. The minimum atomic E-state index is -3.62. The van der Waals surface area contributed by atoms with E-state index in [-0.39, 0.29) is 4.90 Å². The van der Waals surface area contributed by atoms with Crippen LogP contribution in [0.5, 0.6) is 0 Å². The van der Waals surface area contributed by atoms with Crippen LogP contribution in [0, 0.1) is 13.8 Å². The third-order valence-electron chi connectivity index (χ3n) is 3.49. The molecule has 0 saturated carbocycles. The van der Waals surface area contributed by atoms with E-state index in [9.17, 15) is 8.42 Å². The number of aromatic nitrogens is 2. The van der Waals surface area contributed by atoms with E-state index in [1.807, 2.05) is 37.3 Å². The number of aryl methyl sites for hydroxylation is 2. The molecule has 0 aliphatic carbocycles. The Hall–Kier alpha value is -2.40.